The highest BCUT2D eigenvalue weighted by molar-refractivity contribution is 6.00. The van der Waals surface area contributed by atoms with E-state index in [2.05, 4.69) is 23.1 Å². The van der Waals surface area contributed by atoms with Gasteiger partial charge in [0.25, 0.3) is 0 Å². The molecule has 7 heteroatoms. The monoisotopic (exact) mass is 559 g/mol. The smallest absolute Gasteiger partial charge is 0.419 e. The Labute approximate surface area is 243 Å². The van der Waals surface area contributed by atoms with Crippen LogP contribution in [-0.4, -0.2) is 56.4 Å². The molecule has 1 saturated carbocycles. The first-order valence-corrected chi connectivity index (χ1v) is 15.0. The largest absolute Gasteiger partial charge is 0.443 e. The minimum Gasteiger partial charge on any atom is -0.443 e. The summed E-state index contributed by atoms with van der Waals surface area (Å²) in [6, 6.07) is 8.49. The third-order valence-corrected chi connectivity index (χ3v) is 8.88. The molecule has 41 heavy (non-hydrogen) atoms. The first kappa shape index (κ1) is 29.3. The Balaban J connectivity index is 1.72. The summed E-state index contributed by atoms with van der Waals surface area (Å²) in [5, 5.41) is 11.2. The third kappa shape index (κ3) is 5.41. The lowest BCUT2D eigenvalue weighted by molar-refractivity contribution is -0.144. The molecule has 1 aliphatic carbocycles. The molecular weight excluding hydrogens is 514 g/mol. The van der Waals surface area contributed by atoms with Crippen molar-refractivity contribution >= 4 is 22.9 Å². The summed E-state index contributed by atoms with van der Waals surface area (Å²) >= 11 is 0. The molecule has 3 aliphatic rings. The van der Waals surface area contributed by atoms with Crippen LogP contribution in [0.15, 0.2) is 30.5 Å². The summed E-state index contributed by atoms with van der Waals surface area (Å²) in [5.74, 6) is 0.427. The van der Waals surface area contributed by atoms with E-state index in [-0.39, 0.29) is 18.4 Å². The lowest BCUT2D eigenvalue weighted by Crippen LogP contribution is -2.55. The fourth-order valence-corrected chi connectivity index (χ4v) is 6.82. The van der Waals surface area contributed by atoms with Gasteiger partial charge < -0.3 is 14.7 Å². The molecule has 4 heterocycles. The number of piperidine rings is 2. The van der Waals surface area contributed by atoms with E-state index in [1.165, 1.54) is 12.8 Å². The van der Waals surface area contributed by atoms with Gasteiger partial charge in [0.05, 0.1) is 28.5 Å². The van der Waals surface area contributed by atoms with Crippen molar-refractivity contribution in [3.05, 3.63) is 52.8 Å². The molecule has 1 amide bonds. The number of aromatic nitrogens is 2. The van der Waals surface area contributed by atoms with Crippen molar-refractivity contribution in [2.75, 3.05) is 13.2 Å². The summed E-state index contributed by atoms with van der Waals surface area (Å²) in [4.78, 5) is 34.8. The average Bonchev–Trinajstić information content (AvgIpc) is 3.26. The molecule has 0 radical (unpaired) electrons. The zero-order chi connectivity index (χ0) is 29.9. The molecule has 3 aromatic rings. The number of hydrogen-bond acceptors (Lipinski definition) is 5. The Morgan fingerprint density at radius 1 is 1.02 bits per heavy atom. The quantitative estimate of drug-likeness (QED) is 0.368. The van der Waals surface area contributed by atoms with Crippen LogP contribution in [-0.2, 0) is 14.9 Å². The summed E-state index contributed by atoms with van der Waals surface area (Å²) in [6.45, 7) is 16.2. The van der Waals surface area contributed by atoms with Crippen LogP contribution in [0.5, 0.6) is 0 Å². The molecule has 2 aliphatic heterocycles. The summed E-state index contributed by atoms with van der Waals surface area (Å²) in [6.07, 6.45) is 5.78. The first-order valence-electron chi connectivity index (χ1n) is 15.0. The van der Waals surface area contributed by atoms with E-state index in [1.807, 2.05) is 61.5 Å². The van der Waals surface area contributed by atoms with Crippen LogP contribution in [0.2, 0.25) is 0 Å². The van der Waals surface area contributed by atoms with Crippen LogP contribution in [0, 0.1) is 19.8 Å². The zero-order valence-corrected chi connectivity index (χ0v) is 25.9. The van der Waals surface area contributed by atoms with Crippen molar-refractivity contribution in [3.8, 4) is 11.3 Å². The number of aliphatic hydroxyl groups excluding tert-OH is 1. The number of carbonyl (C=O) groups excluding carboxylic acids is 2. The number of carbonyl (C=O) groups is 2. The van der Waals surface area contributed by atoms with Crippen LogP contribution >= 0.6 is 0 Å². The molecule has 6 rings (SSSR count). The van der Waals surface area contributed by atoms with Crippen molar-refractivity contribution in [2.24, 2.45) is 5.92 Å². The Bertz CT molecular complexity index is 1470. The van der Waals surface area contributed by atoms with Gasteiger partial charge in [-0.15, -0.1) is 0 Å². The fourth-order valence-electron chi connectivity index (χ4n) is 6.82. The van der Waals surface area contributed by atoms with Gasteiger partial charge in [0.1, 0.15) is 5.60 Å². The Kier molecular flexibility index (Phi) is 7.56. The normalized spacial score (nSPS) is 20.0. The summed E-state index contributed by atoms with van der Waals surface area (Å²) < 4.78 is 7.50. The molecule has 2 bridgehead atoms. The van der Waals surface area contributed by atoms with E-state index in [1.54, 1.807) is 10.8 Å². The van der Waals surface area contributed by atoms with Crippen molar-refractivity contribution in [1.82, 2.24) is 14.5 Å². The highest BCUT2D eigenvalue weighted by Gasteiger charge is 2.43. The van der Waals surface area contributed by atoms with E-state index in [4.69, 9.17) is 9.72 Å². The Morgan fingerprint density at radius 2 is 1.66 bits per heavy atom. The van der Waals surface area contributed by atoms with Crippen LogP contribution in [0.3, 0.4) is 0 Å². The SMILES string of the molecule is Cc1cc(C)cc(-c2c(C(C)CO)c3cc(C(C)(C)C(=O)N4CC5CCC4CC5)ncc3n2C(=O)OC(C)(C)C)c1. The summed E-state index contributed by atoms with van der Waals surface area (Å²) in [7, 11) is 0. The minimum absolute atomic E-state index is 0.0952. The van der Waals surface area contributed by atoms with Gasteiger partial charge in [0.2, 0.25) is 5.91 Å². The van der Waals surface area contributed by atoms with Gasteiger partial charge in [0, 0.05) is 30.5 Å². The molecule has 2 aromatic heterocycles. The average molecular weight is 560 g/mol. The minimum atomic E-state index is -0.848. The lowest BCUT2D eigenvalue weighted by Gasteiger charge is -2.47. The maximum Gasteiger partial charge on any atom is 0.419 e. The van der Waals surface area contributed by atoms with Gasteiger partial charge in [-0.05, 0) is 109 Å². The number of rotatable bonds is 5. The number of pyridine rings is 1. The number of nitrogens with zero attached hydrogens (tertiary/aromatic N) is 3. The van der Waals surface area contributed by atoms with Crippen LogP contribution in [0.4, 0.5) is 4.79 Å². The van der Waals surface area contributed by atoms with Gasteiger partial charge in [-0.2, -0.15) is 0 Å². The summed E-state index contributed by atoms with van der Waals surface area (Å²) in [5.41, 5.74) is 4.28. The molecule has 1 unspecified atom stereocenters. The first-order chi connectivity index (χ1) is 19.2. The molecule has 1 aromatic carbocycles. The highest BCUT2D eigenvalue weighted by Crippen LogP contribution is 2.42. The predicted octanol–water partition coefficient (Wildman–Crippen LogP) is 6.88. The maximum absolute atomic E-state index is 14.0. The molecule has 1 N–H and O–H groups in total. The topological polar surface area (TPSA) is 84.7 Å². The standard InChI is InChI=1S/C34H45N3O4/c1-20-13-21(2)15-24(14-20)30-29(22(3)19-38)26-16-28(35-17-27(26)37(30)32(40)41-33(4,5)6)34(7,8)31(39)36-18-23-9-11-25(36)12-10-23/h13-17,22-23,25,38H,9-12,18-19H2,1-8H3. The van der Waals surface area contributed by atoms with Crippen LogP contribution < -0.4 is 0 Å². The van der Waals surface area contributed by atoms with Crippen molar-refractivity contribution in [1.29, 1.82) is 0 Å². The highest BCUT2D eigenvalue weighted by atomic mass is 16.6. The van der Waals surface area contributed by atoms with E-state index < -0.39 is 17.1 Å². The molecule has 3 fully saturated rings. The number of amides is 1. The molecule has 1 atom stereocenters. The van der Waals surface area contributed by atoms with E-state index >= 15 is 0 Å². The van der Waals surface area contributed by atoms with Crippen molar-refractivity contribution in [3.63, 3.8) is 0 Å². The number of fused-ring (bicyclic) bond motifs is 4. The Morgan fingerprint density at radius 3 is 2.20 bits per heavy atom. The number of ether oxygens (including phenoxy) is 1. The number of benzene rings is 1. The Hall–Kier alpha value is -3.19. The van der Waals surface area contributed by atoms with Crippen molar-refractivity contribution in [2.45, 2.75) is 104 Å². The second kappa shape index (κ2) is 10.6. The molecule has 0 spiro atoms. The van der Waals surface area contributed by atoms with Gasteiger partial charge in [0.15, 0.2) is 0 Å². The van der Waals surface area contributed by atoms with Gasteiger partial charge in [-0.3, -0.25) is 9.78 Å². The molecule has 2 saturated heterocycles. The maximum atomic E-state index is 14.0. The second-order valence-electron chi connectivity index (χ2n) is 13.9. The van der Waals surface area contributed by atoms with Gasteiger partial charge >= 0.3 is 6.09 Å². The molecule has 220 valence electrons. The van der Waals surface area contributed by atoms with Crippen LogP contribution in [0.25, 0.3) is 22.2 Å². The van der Waals surface area contributed by atoms with E-state index in [0.717, 1.165) is 47.0 Å². The van der Waals surface area contributed by atoms with E-state index in [9.17, 15) is 14.7 Å². The third-order valence-electron chi connectivity index (χ3n) is 8.88. The van der Waals surface area contributed by atoms with Crippen molar-refractivity contribution < 1.29 is 19.4 Å². The fraction of sp³-hybridized carbons (Fsp3) is 0.559. The van der Waals surface area contributed by atoms with Crippen LogP contribution in [0.1, 0.15) is 95.5 Å². The molecule has 7 nitrogen and oxygen atoms in total. The predicted molar refractivity (Wildman–Crippen MR) is 162 cm³/mol. The number of aryl methyl sites for hydroxylation is 2. The molecular formula is C34H45N3O4. The number of hydrogen-bond donors (Lipinski definition) is 1. The van der Waals surface area contributed by atoms with Gasteiger partial charge in [-0.25, -0.2) is 9.36 Å². The second-order valence-corrected chi connectivity index (χ2v) is 13.9. The zero-order valence-electron chi connectivity index (χ0n) is 25.9. The van der Waals surface area contributed by atoms with Gasteiger partial charge in [-0.1, -0.05) is 24.1 Å². The lowest BCUT2D eigenvalue weighted by atomic mass is 9.77. The number of aliphatic hydroxyl groups is 1. The van der Waals surface area contributed by atoms with E-state index in [0.29, 0.717) is 28.9 Å².